The number of fused-ring (bicyclic) bond motifs is 1. The first-order chi connectivity index (χ1) is 8.57. The van der Waals surface area contributed by atoms with E-state index in [4.69, 9.17) is 0 Å². The molecular weight excluding hydrogens is 485 g/mol. The standard InChI is InChI=1S/C14H10.3CH3.2ClH.Sn.Zr/c1-2-6-11(5-1)14-10-9-12-7-3-4-8-13(12)14;;;;;;;/h1,3-5,7-9,14H,2H2;3*1H3;2*1H;;/q-1;;;;;;;+3/p-2. The van der Waals surface area contributed by atoms with Crippen molar-refractivity contribution in [3.63, 3.8) is 0 Å². The van der Waals surface area contributed by atoms with Crippen LogP contribution < -0.4 is 24.8 Å². The van der Waals surface area contributed by atoms with Crippen molar-refractivity contribution < 1.29 is 51.0 Å². The summed E-state index contributed by atoms with van der Waals surface area (Å²) in [6, 6.07) is 8.87. The number of hydrogen-bond acceptors (Lipinski definition) is 0. The number of hydrogen-bond donors (Lipinski definition) is 0. The molecule has 1 radical (unpaired) electrons. The quantitative estimate of drug-likeness (QED) is 0.349. The third-order valence-corrected chi connectivity index (χ3v) is 10.0. The largest absolute Gasteiger partial charge is 3.00 e. The zero-order valence-electron chi connectivity index (χ0n) is 12.6. The van der Waals surface area contributed by atoms with Gasteiger partial charge in [-0.1, -0.05) is 0 Å². The second kappa shape index (κ2) is 8.52. The van der Waals surface area contributed by atoms with Crippen molar-refractivity contribution in [1.82, 2.24) is 0 Å². The van der Waals surface area contributed by atoms with Gasteiger partial charge in [-0.15, -0.1) is 0 Å². The average molecular weight is 504 g/mol. The first-order valence-electron chi connectivity index (χ1n) is 6.65. The molecule has 0 nitrogen and oxygen atoms in total. The van der Waals surface area contributed by atoms with Gasteiger partial charge in [0.2, 0.25) is 0 Å². The van der Waals surface area contributed by atoms with Crippen LogP contribution in [0.15, 0.2) is 45.6 Å². The van der Waals surface area contributed by atoms with Crippen molar-refractivity contribution in [3.05, 3.63) is 62.8 Å². The number of halogens is 2. The van der Waals surface area contributed by atoms with E-state index in [2.05, 4.69) is 63.4 Å². The van der Waals surface area contributed by atoms with Gasteiger partial charge in [0.25, 0.3) is 0 Å². The van der Waals surface area contributed by atoms with Crippen molar-refractivity contribution in [2.45, 2.75) is 27.2 Å². The van der Waals surface area contributed by atoms with E-state index >= 15 is 0 Å². The topological polar surface area (TPSA) is 0 Å². The predicted octanol–water partition coefficient (Wildman–Crippen LogP) is -1.26. The van der Waals surface area contributed by atoms with Crippen LogP contribution in [-0.4, -0.2) is 18.4 Å². The summed E-state index contributed by atoms with van der Waals surface area (Å²) in [4.78, 5) is 7.54. The number of benzene rings is 1. The molecule has 109 valence electrons. The van der Waals surface area contributed by atoms with Gasteiger partial charge in [-0.3, -0.25) is 0 Å². The van der Waals surface area contributed by atoms with E-state index in [1.165, 1.54) is 16.7 Å². The van der Waals surface area contributed by atoms with Crippen LogP contribution >= 0.6 is 0 Å². The van der Waals surface area contributed by atoms with Crippen molar-refractivity contribution in [3.8, 4) is 0 Å². The van der Waals surface area contributed by atoms with E-state index in [1.54, 1.807) is 3.59 Å². The SMILES string of the molecule is [CH3][Sn]([CH3])([CH3])[C]1=Cc2ccccc2C1C1=[C-]CC=C1.[Cl-].[Cl-].[Zr+3]. The molecule has 2 aliphatic rings. The zero-order chi connectivity index (χ0) is 12.8. The molecule has 1 atom stereocenters. The molecule has 3 rings (SSSR count). The van der Waals surface area contributed by atoms with Gasteiger partial charge in [0, 0.05) is 0 Å². The van der Waals surface area contributed by atoms with E-state index < -0.39 is 18.4 Å². The van der Waals surface area contributed by atoms with Crippen molar-refractivity contribution in [1.29, 1.82) is 0 Å². The smallest absolute Gasteiger partial charge is 1.00 e. The maximum absolute atomic E-state index is 3.54. The van der Waals surface area contributed by atoms with Crippen molar-refractivity contribution in [2.75, 3.05) is 0 Å². The molecule has 0 spiro atoms. The van der Waals surface area contributed by atoms with E-state index in [9.17, 15) is 0 Å². The monoisotopic (exact) mass is 503 g/mol. The number of rotatable bonds is 2. The Morgan fingerprint density at radius 1 is 1.10 bits per heavy atom. The average Bonchev–Trinajstić information content (AvgIpc) is 2.94. The van der Waals surface area contributed by atoms with Gasteiger partial charge in [-0.2, -0.15) is 0 Å². The fourth-order valence-electron chi connectivity index (χ4n) is 2.93. The predicted molar refractivity (Wildman–Crippen MR) is 81.0 cm³/mol. The van der Waals surface area contributed by atoms with Gasteiger partial charge in [0.1, 0.15) is 0 Å². The van der Waals surface area contributed by atoms with Crippen LogP contribution in [-0.2, 0) is 26.2 Å². The second-order valence-corrected chi connectivity index (χ2v) is 20.6. The summed E-state index contributed by atoms with van der Waals surface area (Å²) in [5.41, 5.74) is 4.32. The van der Waals surface area contributed by atoms with Gasteiger partial charge in [-0.05, 0) is 0 Å². The molecule has 0 N–H and O–H groups in total. The summed E-state index contributed by atoms with van der Waals surface area (Å²) in [6.07, 6.45) is 11.5. The van der Waals surface area contributed by atoms with Gasteiger partial charge in [0.15, 0.2) is 0 Å². The molecule has 0 saturated heterocycles. The molecule has 0 fully saturated rings. The normalized spacial score (nSPS) is 18.7. The summed E-state index contributed by atoms with van der Waals surface area (Å²) in [5, 5.41) is 0. The first kappa shape index (κ1) is 21.7. The summed E-state index contributed by atoms with van der Waals surface area (Å²) < 4.78 is 1.72. The molecule has 1 aromatic carbocycles. The minimum absolute atomic E-state index is 0. The molecule has 0 amide bonds. The Balaban J connectivity index is 0.00000133. The van der Waals surface area contributed by atoms with Crippen LogP contribution in [0.1, 0.15) is 23.5 Å². The Hall–Kier alpha value is 0.702. The van der Waals surface area contributed by atoms with Gasteiger partial charge >= 0.3 is 141 Å². The molecule has 0 aliphatic heterocycles. The van der Waals surface area contributed by atoms with Crippen molar-refractivity contribution >= 4 is 24.5 Å². The van der Waals surface area contributed by atoms with E-state index in [0.29, 0.717) is 5.92 Å². The second-order valence-electron chi connectivity index (χ2n) is 6.15. The van der Waals surface area contributed by atoms with Gasteiger partial charge in [-0.25, -0.2) is 0 Å². The summed E-state index contributed by atoms with van der Waals surface area (Å²) in [5.74, 6) is 0.510. The summed E-state index contributed by atoms with van der Waals surface area (Å²) in [6.45, 7) is 0. The fraction of sp³-hybridized carbons (Fsp3) is 0.294. The van der Waals surface area contributed by atoms with E-state index in [1.807, 2.05) is 0 Å². The maximum Gasteiger partial charge on any atom is 3.00 e. The Kier molecular flexibility index (Phi) is 8.81. The molecule has 0 bridgehead atoms. The van der Waals surface area contributed by atoms with Gasteiger partial charge in [0.05, 0.1) is 0 Å². The Labute approximate surface area is 164 Å². The molecule has 2 aliphatic carbocycles. The molecule has 0 aromatic heterocycles. The van der Waals surface area contributed by atoms with Crippen LogP contribution in [0.2, 0.25) is 14.8 Å². The molecule has 0 heterocycles. The Morgan fingerprint density at radius 2 is 1.76 bits per heavy atom. The van der Waals surface area contributed by atoms with Gasteiger partial charge < -0.3 is 24.8 Å². The van der Waals surface area contributed by atoms with Crippen LogP contribution in [0.3, 0.4) is 0 Å². The molecular formula is C17H19Cl2SnZr. The van der Waals surface area contributed by atoms with E-state index in [-0.39, 0.29) is 51.0 Å². The fourth-order valence-corrected chi connectivity index (χ4v) is 7.97. The zero-order valence-corrected chi connectivity index (χ0v) is 19.4. The molecule has 21 heavy (non-hydrogen) atoms. The summed E-state index contributed by atoms with van der Waals surface area (Å²) >= 11 is -2.05. The minimum Gasteiger partial charge on any atom is -1.00 e. The van der Waals surface area contributed by atoms with Crippen LogP contribution in [0.25, 0.3) is 6.08 Å². The molecule has 1 aromatic rings. The minimum atomic E-state index is -2.05. The molecule has 1 unspecified atom stereocenters. The van der Waals surface area contributed by atoms with Crippen LogP contribution in [0.4, 0.5) is 0 Å². The van der Waals surface area contributed by atoms with Crippen LogP contribution in [0, 0.1) is 6.08 Å². The molecule has 0 saturated carbocycles. The Morgan fingerprint density at radius 3 is 2.33 bits per heavy atom. The third-order valence-electron chi connectivity index (χ3n) is 3.83. The Bertz CT molecular complexity index is 583. The third kappa shape index (κ3) is 4.37. The summed E-state index contributed by atoms with van der Waals surface area (Å²) in [7, 11) is 0. The first-order valence-corrected chi connectivity index (χ1v) is 16.6. The van der Waals surface area contributed by atoms with Crippen molar-refractivity contribution in [2.24, 2.45) is 0 Å². The maximum atomic E-state index is 3.54. The number of allylic oxidation sites excluding steroid dienone is 5. The molecule has 4 heteroatoms. The van der Waals surface area contributed by atoms with Crippen LogP contribution in [0.5, 0.6) is 0 Å². The van der Waals surface area contributed by atoms with E-state index in [0.717, 1.165) is 6.42 Å².